The number of carbonyl (C=O) groups excluding carboxylic acids is 3. The SMILES string of the molecule is CCOC(=O)C1=C(COC(=O)c2c3c(nc4ccccc24)/C(=C\c2ccc(O)cc2)CC3)NC(=O)N[C@@H]1CC. The van der Waals surface area contributed by atoms with Crippen molar-refractivity contribution in [3.05, 3.63) is 82.2 Å². The van der Waals surface area contributed by atoms with E-state index in [0.717, 1.165) is 22.4 Å². The van der Waals surface area contributed by atoms with E-state index in [-0.39, 0.29) is 30.2 Å². The summed E-state index contributed by atoms with van der Waals surface area (Å²) in [7, 11) is 0. The van der Waals surface area contributed by atoms with Crippen LogP contribution >= 0.6 is 0 Å². The number of amides is 2. The fraction of sp³-hybridized carbons (Fsp3) is 0.267. The smallest absolute Gasteiger partial charge is 0.339 e. The number of nitrogens with zero attached hydrogens (tertiary/aromatic N) is 1. The minimum atomic E-state index is -0.567. The molecule has 39 heavy (non-hydrogen) atoms. The van der Waals surface area contributed by atoms with Crippen LogP contribution in [0.15, 0.2) is 59.8 Å². The normalized spacial score (nSPS) is 17.5. The van der Waals surface area contributed by atoms with Crippen LogP contribution < -0.4 is 10.6 Å². The lowest BCUT2D eigenvalue weighted by atomic mass is 10.00. The van der Waals surface area contributed by atoms with Crippen molar-refractivity contribution < 1.29 is 29.0 Å². The van der Waals surface area contributed by atoms with Crippen LogP contribution in [0.4, 0.5) is 4.79 Å². The highest BCUT2D eigenvalue weighted by molar-refractivity contribution is 6.07. The van der Waals surface area contributed by atoms with E-state index >= 15 is 0 Å². The fourth-order valence-corrected chi connectivity index (χ4v) is 5.07. The van der Waals surface area contributed by atoms with Crippen molar-refractivity contribution in [1.29, 1.82) is 0 Å². The molecule has 1 aliphatic carbocycles. The molecule has 0 bridgehead atoms. The van der Waals surface area contributed by atoms with Gasteiger partial charge in [-0.15, -0.1) is 0 Å². The van der Waals surface area contributed by atoms with Crippen LogP contribution in [0, 0.1) is 0 Å². The first-order chi connectivity index (χ1) is 18.9. The average Bonchev–Trinajstić information content (AvgIpc) is 3.32. The van der Waals surface area contributed by atoms with E-state index in [9.17, 15) is 19.5 Å². The van der Waals surface area contributed by atoms with Gasteiger partial charge in [0.05, 0.1) is 40.7 Å². The predicted octanol–water partition coefficient (Wildman–Crippen LogP) is 4.49. The van der Waals surface area contributed by atoms with E-state index in [1.807, 2.05) is 49.4 Å². The number of benzene rings is 2. The van der Waals surface area contributed by atoms with Gasteiger partial charge in [0.2, 0.25) is 0 Å². The molecule has 2 amide bonds. The summed E-state index contributed by atoms with van der Waals surface area (Å²) < 4.78 is 10.9. The highest BCUT2D eigenvalue weighted by atomic mass is 16.5. The molecule has 0 spiro atoms. The van der Waals surface area contributed by atoms with E-state index in [4.69, 9.17) is 14.5 Å². The molecular weight excluding hydrogens is 498 g/mol. The maximum Gasteiger partial charge on any atom is 0.339 e. The van der Waals surface area contributed by atoms with Crippen molar-refractivity contribution in [3.8, 4) is 5.75 Å². The number of esters is 2. The molecule has 2 aromatic carbocycles. The molecule has 1 aromatic heterocycles. The predicted molar refractivity (Wildman–Crippen MR) is 146 cm³/mol. The highest BCUT2D eigenvalue weighted by Gasteiger charge is 2.33. The third kappa shape index (κ3) is 5.20. The first kappa shape index (κ1) is 26.0. The summed E-state index contributed by atoms with van der Waals surface area (Å²) in [6.45, 7) is 3.43. The number of aromatic nitrogens is 1. The van der Waals surface area contributed by atoms with Gasteiger partial charge in [-0.3, -0.25) is 0 Å². The molecule has 0 radical (unpaired) electrons. The summed E-state index contributed by atoms with van der Waals surface area (Å²) in [6, 6.07) is 13.3. The first-order valence-corrected chi connectivity index (χ1v) is 13.0. The van der Waals surface area contributed by atoms with Gasteiger partial charge in [0.1, 0.15) is 12.4 Å². The molecule has 1 atom stereocenters. The number of phenols is 1. The molecule has 3 aromatic rings. The molecule has 200 valence electrons. The molecule has 0 fully saturated rings. The van der Waals surface area contributed by atoms with Crippen molar-refractivity contribution in [3.63, 3.8) is 0 Å². The van der Waals surface area contributed by atoms with Crippen LogP contribution in [0.1, 0.15) is 53.9 Å². The molecule has 0 unspecified atom stereocenters. The minimum Gasteiger partial charge on any atom is -0.508 e. The number of ether oxygens (including phenoxy) is 2. The second kappa shape index (κ2) is 11.0. The van der Waals surface area contributed by atoms with Crippen LogP contribution in [0.5, 0.6) is 5.75 Å². The third-order valence-corrected chi connectivity index (χ3v) is 6.87. The number of carbonyl (C=O) groups is 3. The van der Waals surface area contributed by atoms with Crippen LogP contribution in [-0.4, -0.2) is 47.3 Å². The quantitative estimate of drug-likeness (QED) is 0.386. The zero-order valence-electron chi connectivity index (χ0n) is 21.7. The van der Waals surface area contributed by atoms with Crippen LogP contribution in [-0.2, 0) is 20.7 Å². The summed E-state index contributed by atoms with van der Waals surface area (Å²) in [5, 5.41) is 15.6. The molecule has 2 aliphatic rings. The van der Waals surface area contributed by atoms with E-state index < -0.39 is 24.0 Å². The summed E-state index contributed by atoms with van der Waals surface area (Å²) in [5.74, 6) is -0.941. The van der Waals surface area contributed by atoms with Crippen molar-refractivity contribution in [2.24, 2.45) is 0 Å². The lowest BCUT2D eigenvalue weighted by molar-refractivity contribution is -0.139. The third-order valence-electron chi connectivity index (χ3n) is 6.87. The molecule has 2 heterocycles. The Hall–Kier alpha value is -4.66. The molecule has 0 saturated carbocycles. The van der Waals surface area contributed by atoms with Crippen LogP contribution in [0.25, 0.3) is 22.6 Å². The Morgan fingerprint density at radius 3 is 2.56 bits per heavy atom. The maximum absolute atomic E-state index is 13.6. The Morgan fingerprint density at radius 1 is 1.05 bits per heavy atom. The molecule has 1 aliphatic heterocycles. The fourth-order valence-electron chi connectivity index (χ4n) is 5.07. The minimum absolute atomic E-state index is 0.176. The Kier molecular flexibility index (Phi) is 7.31. The number of rotatable bonds is 7. The van der Waals surface area contributed by atoms with Gasteiger partial charge in [-0.2, -0.15) is 0 Å². The average molecular weight is 528 g/mol. The van der Waals surface area contributed by atoms with E-state index in [2.05, 4.69) is 10.6 Å². The highest BCUT2D eigenvalue weighted by Crippen LogP contribution is 2.38. The van der Waals surface area contributed by atoms with Gasteiger partial charge < -0.3 is 25.2 Å². The molecule has 0 saturated heterocycles. The van der Waals surface area contributed by atoms with Crippen molar-refractivity contribution in [2.75, 3.05) is 13.2 Å². The standard InChI is InChI=1S/C30H29N3O6/c1-3-22-26(29(36)38-4-2)24(33-30(37)32-22)16-39-28(35)25-20-7-5-6-8-23(20)31-27-18(11-14-21(25)27)15-17-9-12-19(34)13-10-17/h5-10,12-13,15,22,34H,3-4,11,14,16H2,1-2H3,(H2,32,33,37)/b18-15-/t22-/m1/s1. The van der Waals surface area contributed by atoms with Gasteiger partial charge in [0.25, 0.3) is 0 Å². The number of allylic oxidation sites excluding steroid dienone is 1. The van der Waals surface area contributed by atoms with Crippen LogP contribution in [0.3, 0.4) is 0 Å². The largest absolute Gasteiger partial charge is 0.508 e. The number of hydrogen-bond donors (Lipinski definition) is 3. The van der Waals surface area contributed by atoms with Gasteiger partial charge >= 0.3 is 18.0 Å². The second-order valence-electron chi connectivity index (χ2n) is 9.34. The lowest BCUT2D eigenvalue weighted by Gasteiger charge is -2.28. The maximum atomic E-state index is 13.6. The topological polar surface area (TPSA) is 127 Å². The van der Waals surface area contributed by atoms with Crippen molar-refractivity contribution >= 4 is 40.5 Å². The number of hydrogen-bond acceptors (Lipinski definition) is 7. The van der Waals surface area contributed by atoms with Crippen molar-refractivity contribution in [1.82, 2.24) is 15.6 Å². The summed E-state index contributed by atoms with van der Waals surface area (Å²) >= 11 is 0. The van der Waals surface area contributed by atoms with Gasteiger partial charge in [-0.25, -0.2) is 19.4 Å². The number of aromatic hydroxyl groups is 1. The summed E-state index contributed by atoms with van der Waals surface area (Å²) in [5.41, 5.74) is 4.98. The number of urea groups is 1. The number of nitrogens with one attached hydrogen (secondary N) is 2. The number of para-hydroxylation sites is 1. The van der Waals surface area contributed by atoms with E-state index in [0.29, 0.717) is 35.7 Å². The summed E-state index contributed by atoms with van der Waals surface area (Å²) in [6.07, 6.45) is 3.78. The second-order valence-corrected chi connectivity index (χ2v) is 9.34. The van der Waals surface area contributed by atoms with Gasteiger partial charge in [-0.1, -0.05) is 37.3 Å². The zero-order valence-corrected chi connectivity index (χ0v) is 21.7. The first-order valence-electron chi connectivity index (χ1n) is 13.0. The number of pyridine rings is 1. The molecule has 9 nitrogen and oxygen atoms in total. The number of fused-ring (bicyclic) bond motifs is 2. The number of phenolic OH excluding ortho intramolecular Hbond substituents is 1. The Labute approximate surface area is 225 Å². The summed E-state index contributed by atoms with van der Waals surface area (Å²) in [4.78, 5) is 43.4. The van der Waals surface area contributed by atoms with E-state index in [1.54, 1.807) is 19.1 Å². The Balaban J connectivity index is 1.51. The van der Waals surface area contributed by atoms with E-state index in [1.165, 1.54) is 0 Å². The van der Waals surface area contributed by atoms with Crippen molar-refractivity contribution in [2.45, 2.75) is 39.2 Å². The van der Waals surface area contributed by atoms with Gasteiger partial charge in [-0.05, 0) is 67.2 Å². The molecular formula is C30H29N3O6. The van der Waals surface area contributed by atoms with Gasteiger partial charge in [0.15, 0.2) is 0 Å². The molecule has 3 N–H and O–H groups in total. The Morgan fingerprint density at radius 2 is 1.82 bits per heavy atom. The van der Waals surface area contributed by atoms with Crippen LogP contribution in [0.2, 0.25) is 0 Å². The molecule has 5 rings (SSSR count). The molecule has 9 heteroatoms. The van der Waals surface area contributed by atoms with Gasteiger partial charge in [0, 0.05) is 5.39 Å². The monoisotopic (exact) mass is 527 g/mol. The Bertz CT molecular complexity index is 1520. The lowest BCUT2D eigenvalue weighted by Crippen LogP contribution is -2.51. The zero-order chi connectivity index (χ0) is 27.5.